The molecular weight excluding hydrogens is 356 g/mol. The molecule has 2 nitrogen and oxygen atoms in total. The fourth-order valence-corrected chi connectivity index (χ4v) is 4.54. The summed E-state index contributed by atoms with van der Waals surface area (Å²) in [4.78, 5) is 12.8. The van der Waals surface area contributed by atoms with E-state index in [1.54, 1.807) is 0 Å². The van der Waals surface area contributed by atoms with Crippen molar-refractivity contribution < 1.29 is 9.53 Å². The van der Waals surface area contributed by atoms with Crippen molar-refractivity contribution in [1.29, 1.82) is 0 Å². The van der Waals surface area contributed by atoms with Crippen LogP contribution < -0.4 is 0 Å². The van der Waals surface area contributed by atoms with E-state index < -0.39 is 5.60 Å². The van der Waals surface area contributed by atoms with Crippen LogP contribution in [0.4, 0.5) is 0 Å². The van der Waals surface area contributed by atoms with Gasteiger partial charge in [0.2, 0.25) is 0 Å². The molecule has 0 amide bonds. The lowest BCUT2D eigenvalue weighted by atomic mass is 9.64. The summed E-state index contributed by atoms with van der Waals surface area (Å²) in [6.45, 7) is 8.74. The highest BCUT2D eigenvalue weighted by Gasteiger charge is 2.51. The van der Waals surface area contributed by atoms with Crippen molar-refractivity contribution in [1.82, 2.24) is 0 Å². The van der Waals surface area contributed by atoms with Gasteiger partial charge < -0.3 is 4.74 Å². The second-order valence-corrected chi connectivity index (χ2v) is 9.40. The van der Waals surface area contributed by atoms with Gasteiger partial charge in [0, 0.05) is 5.41 Å². The molecule has 1 saturated heterocycles. The smallest absolute Gasteiger partial charge is 0.313 e. The number of ether oxygens (including phenoxy) is 1. The predicted octanol–water partition coefficient (Wildman–Crippen LogP) is 7.53. The zero-order valence-electron chi connectivity index (χ0n) is 18.5. The third-order valence-corrected chi connectivity index (χ3v) is 7.00. The van der Waals surface area contributed by atoms with Gasteiger partial charge in [0.15, 0.2) is 0 Å². The number of esters is 1. The number of cyclic esters (lactones) is 1. The largest absolute Gasteiger partial charge is 0.459 e. The molecule has 0 spiro atoms. The third-order valence-electron chi connectivity index (χ3n) is 7.00. The molecule has 0 saturated carbocycles. The molecule has 1 unspecified atom stereocenters. The SMILES string of the molecule is CCCCCCC[C@]1(C)CC(c2ccc(-c3ccccc3)cc2)C(=O)OC1(C)C. The Balaban J connectivity index is 1.74. The second-order valence-electron chi connectivity index (χ2n) is 9.40. The first kappa shape index (κ1) is 21.6. The Morgan fingerprint density at radius 1 is 0.862 bits per heavy atom. The van der Waals surface area contributed by atoms with E-state index in [1.165, 1.54) is 43.2 Å². The standard InChI is InChI=1S/C27H36O2/c1-5-6-7-8-12-19-27(4)20-24(25(28)29-26(27,2)3)23-17-15-22(16-18-23)21-13-10-9-11-14-21/h9-11,13-18,24H,5-8,12,19-20H2,1-4H3/t24?,27-/m1/s1. The molecule has 2 atom stereocenters. The van der Waals surface area contributed by atoms with E-state index in [1.807, 2.05) is 6.07 Å². The van der Waals surface area contributed by atoms with Crippen molar-refractivity contribution in [3.05, 3.63) is 60.2 Å². The first-order valence-electron chi connectivity index (χ1n) is 11.2. The van der Waals surface area contributed by atoms with Gasteiger partial charge >= 0.3 is 5.97 Å². The van der Waals surface area contributed by atoms with Crippen LogP contribution in [-0.4, -0.2) is 11.6 Å². The summed E-state index contributed by atoms with van der Waals surface area (Å²) in [6.07, 6.45) is 8.32. The summed E-state index contributed by atoms with van der Waals surface area (Å²) in [5.74, 6) is -0.251. The van der Waals surface area contributed by atoms with E-state index in [-0.39, 0.29) is 17.3 Å². The molecule has 2 heteroatoms. The van der Waals surface area contributed by atoms with Crippen LogP contribution in [0.15, 0.2) is 54.6 Å². The van der Waals surface area contributed by atoms with Crippen molar-refractivity contribution in [2.45, 2.75) is 84.2 Å². The number of unbranched alkanes of at least 4 members (excludes halogenated alkanes) is 4. The van der Waals surface area contributed by atoms with Gasteiger partial charge in [-0.15, -0.1) is 0 Å². The minimum absolute atomic E-state index is 0.00407. The summed E-state index contributed by atoms with van der Waals surface area (Å²) in [6, 6.07) is 18.8. The summed E-state index contributed by atoms with van der Waals surface area (Å²) in [5.41, 5.74) is 3.02. The third kappa shape index (κ3) is 4.91. The van der Waals surface area contributed by atoms with Gasteiger partial charge in [-0.05, 0) is 43.4 Å². The molecule has 0 aliphatic carbocycles. The Morgan fingerprint density at radius 3 is 2.14 bits per heavy atom. The molecule has 0 radical (unpaired) electrons. The monoisotopic (exact) mass is 392 g/mol. The average Bonchev–Trinajstić information content (AvgIpc) is 2.71. The van der Waals surface area contributed by atoms with Gasteiger partial charge in [0.1, 0.15) is 5.60 Å². The van der Waals surface area contributed by atoms with Crippen molar-refractivity contribution in [2.24, 2.45) is 5.41 Å². The molecule has 1 aliphatic rings. The number of benzene rings is 2. The Bertz CT molecular complexity index is 791. The minimum atomic E-state index is -0.421. The fourth-order valence-electron chi connectivity index (χ4n) is 4.54. The van der Waals surface area contributed by atoms with E-state index in [2.05, 4.69) is 76.2 Å². The van der Waals surface area contributed by atoms with Crippen LogP contribution in [0, 0.1) is 5.41 Å². The molecule has 29 heavy (non-hydrogen) atoms. The van der Waals surface area contributed by atoms with Gasteiger partial charge in [0.25, 0.3) is 0 Å². The molecule has 0 aromatic heterocycles. The maximum atomic E-state index is 12.8. The highest BCUT2D eigenvalue weighted by Crippen LogP contribution is 2.50. The van der Waals surface area contributed by atoms with Crippen molar-refractivity contribution in [2.75, 3.05) is 0 Å². The van der Waals surface area contributed by atoms with Crippen LogP contribution >= 0.6 is 0 Å². The van der Waals surface area contributed by atoms with Crippen LogP contribution in [0.3, 0.4) is 0 Å². The topological polar surface area (TPSA) is 26.3 Å². The van der Waals surface area contributed by atoms with Crippen molar-refractivity contribution in [3.63, 3.8) is 0 Å². The Kier molecular flexibility index (Phi) is 6.82. The number of carbonyl (C=O) groups is 1. The van der Waals surface area contributed by atoms with E-state index in [4.69, 9.17) is 4.74 Å². The van der Waals surface area contributed by atoms with Crippen LogP contribution in [0.25, 0.3) is 11.1 Å². The summed E-state index contributed by atoms with van der Waals surface area (Å²) in [7, 11) is 0. The van der Waals surface area contributed by atoms with Gasteiger partial charge in [-0.1, -0.05) is 101 Å². The van der Waals surface area contributed by atoms with Crippen molar-refractivity contribution >= 4 is 5.97 Å². The molecule has 0 bridgehead atoms. The molecule has 1 heterocycles. The molecule has 2 aromatic carbocycles. The van der Waals surface area contributed by atoms with Gasteiger partial charge in [-0.3, -0.25) is 4.79 Å². The molecule has 0 N–H and O–H groups in total. The van der Waals surface area contributed by atoms with Gasteiger partial charge in [-0.25, -0.2) is 0 Å². The van der Waals surface area contributed by atoms with E-state index in [9.17, 15) is 4.79 Å². The predicted molar refractivity (Wildman–Crippen MR) is 121 cm³/mol. The lowest BCUT2D eigenvalue weighted by Crippen LogP contribution is -2.51. The Hall–Kier alpha value is -2.09. The molecule has 156 valence electrons. The quantitative estimate of drug-likeness (QED) is 0.343. The first-order valence-corrected chi connectivity index (χ1v) is 11.2. The van der Waals surface area contributed by atoms with Crippen LogP contribution in [0.5, 0.6) is 0 Å². The van der Waals surface area contributed by atoms with E-state index >= 15 is 0 Å². The average molecular weight is 393 g/mol. The second kappa shape index (κ2) is 9.15. The molecule has 1 fully saturated rings. The highest BCUT2D eigenvalue weighted by molar-refractivity contribution is 5.80. The molecule has 1 aliphatic heterocycles. The highest BCUT2D eigenvalue weighted by atomic mass is 16.6. The summed E-state index contributed by atoms with van der Waals surface area (Å²) in [5, 5.41) is 0. The van der Waals surface area contributed by atoms with Crippen LogP contribution in [0.1, 0.15) is 84.1 Å². The number of hydrogen-bond donors (Lipinski definition) is 0. The van der Waals surface area contributed by atoms with Gasteiger partial charge in [0.05, 0.1) is 5.92 Å². The first-order chi connectivity index (χ1) is 13.9. The van der Waals surface area contributed by atoms with Crippen LogP contribution in [-0.2, 0) is 9.53 Å². The maximum Gasteiger partial charge on any atom is 0.313 e. The molecule has 3 rings (SSSR count). The Labute approximate surface area is 176 Å². The van der Waals surface area contributed by atoms with Crippen molar-refractivity contribution in [3.8, 4) is 11.1 Å². The number of carbonyl (C=O) groups excluding carboxylic acids is 1. The number of rotatable bonds is 8. The number of hydrogen-bond acceptors (Lipinski definition) is 2. The van der Waals surface area contributed by atoms with Crippen LogP contribution in [0.2, 0.25) is 0 Å². The lowest BCUT2D eigenvalue weighted by molar-refractivity contribution is -0.188. The molecular formula is C27H36O2. The summed E-state index contributed by atoms with van der Waals surface area (Å²) < 4.78 is 6.01. The lowest BCUT2D eigenvalue weighted by Gasteiger charge is -2.49. The fraction of sp³-hybridized carbons (Fsp3) is 0.519. The maximum absolute atomic E-state index is 12.8. The van der Waals surface area contributed by atoms with E-state index in [0.717, 1.165) is 18.4 Å². The van der Waals surface area contributed by atoms with E-state index in [0.29, 0.717) is 0 Å². The van der Waals surface area contributed by atoms with Gasteiger partial charge in [-0.2, -0.15) is 0 Å². The zero-order valence-corrected chi connectivity index (χ0v) is 18.5. The minimum Gasteiger partial charge on any atom is -0.459 e. The molecule has 2 aromatic rings. The summed E-state index contributed by atoms with van der Waals surface area (Å²) >= 11 is 0. The normalized spacial score (nSPS) is 23.6. The zero-order chi connectivity index (χ0) is 20.9. The Morgan fingerprint density at radius 2 is 1.48 bits per heavy atom.